The van der Waals surface area contributed by atoms with Gasteiger partial charge in [-0.1, -0.05) is 18.5 Å². The van der Waals surface area contributed by atoms with E-state index >= 15 is 0 Å². The summed E-state index contributed by atoms with van der Waals surface area (Å²) in [5, 5.41) is 5.01. The van der Waals surface area contributed by atoms with E-state index in [1.54, 1.807) is 0 Å². The van der Waals surface area contributed by atoms with Crippen molar-refractivity contribution in [2.75, 3.05) is 24.6 Å². The second-order valence-electron chi connectivity index (χ2n) is 6.33. The Hall–Kier alpha value is -1.56. The van der Waals surface area contributed by atoms with Crippen LogP contribution in [0.2, 0.25) is 0 Å². The summed E-state index contributed by atoms with van der Waals surface area (Å²) in [6, 6.07) is 2.00. The first-order valence-electron chi connectivity index (χ1n) is 8.44. The van der Waals surface area contributed by atoms with Gasteiger partial charge in [-0.15, -0.1) is 0 Å². The Kier molecular flexibility index (Phi) is 4.01. The lowest BCUT2D eigenvalue weighted by Gasteiger charge is -2.26. The molecule has 0 atom stereocenters. The molecule has 6 heteroatoms. The molecule has 2 aromatic heterocycles. The minimum absolute atomic E-state index is 0.111. The maximum atomic E-state index is 13.1. The van der Waals surface area contributed by atoms with Crippen LogP contribution in [-0.2, 0) is 6.42 Å². The van der Waals surface area contributed by atoms with E-state index in [9.17, 15) is 4.79 Å². The van der Waals surface area contributed by atoms with Crippen molar-refractivity contribution in [2.24, 2.45) is 0 Å². The van der Waals surface area contributed by atoms with Gasteiger partial charge in [0, 0.05) is 36.2 Å². The van der Waals surface area contributed by atoms with E-state index in [0.29, 0.717) is 11.6 Å². The van der Waals surface area contributed by atoms with Crippen molar-refractivity contribution in [3.63, 3.8) is 0 Å². The van der Waals surface area contributed by atoms with E-state index in [2.05, 4.69) is 17.1 Å². The summed E-state index contributed by atoms with van der Waals surface area (Å²) in [6.45, 7) is 3.75. The fourth-order valence-corrected chi connectivity index (χ4v) is 4.03. The van der Waals surface area contributed by atoms with Gasteiger partial charge in [-0.3, -0.25) is 4.79 Å². The Morgan fingerprint density at radius 3 is 2.87 bits per heavy atom. The normalized spacial score (nSPS) is 18.6. The SMILES string of the molecule is CCCc1noc2nc(C3CC3)cc(C(=O)N3CCSCC3)c12. The van der Waals surface area contributed by atoms with Crippen LogP contribution >= 0.6 is 11.8 Å². The van der Waals surface area contributed by atoms with Crippen LogP contribution in [0.3, 0.4) is 0 Å². The van der Waals surface area contributed by atoms with E-state index in [-0.39, 0.29) is 5.91 Å². The number of carbonyl (C=O) groups excluding carboxylic acids is 1. The van der Waals surface area contributed by atoms with Gasteiger partial charge in [-0.25, -0.2) is 4.98 Å². The molecule has 0 aromatic carbocycles. The van der Waals surface area contributed by atoms with E-state index in [1.165, 1.54) is 0 Å². The van der Waals surface area contributed by atoms with Crippen LogP contribution in [0.4, 0.5) is 0 Å². The van der Waals surface area contributed by atoms with Crippen LogP contribution in [0.15, 0.2) is 10.6 Å². The number of hydrogen-bond acceptors (Lipinski definition) is 5. The largest absolute Gasteiger partial charge is 0.337 e. The zero-order valence-electron chi connectivity index (χ0n) is 13.4. The number of amides is 1. The highest BCUT2D eigenvalue weighted by Crippen LogP contribution is 2.40. The Labute approximate surface area is 139 Å². The molecular weight excluding hydrogens is 310 g/mol. The fraction of sp³-hybridized carbons (Fsp3) is 0.588. The van der Waals surface area contributed by atoms with Crippen molar-refractivity contribution in [3.8, 4) is 0 Å². The Morgan fingerprint density at radius 2 is 2.17 bits per heavy atom. The molecule has 1 aliphatic carbocycles. The quantitative estimate of drug-likeness (QED) is 0.861. The van der Waals surface area contributed by atoms with Gasteiger partial charge >= 0.3 is 0 Å². The topological polar surface area (TPSA) is 59.2 Å². The van der Waals surface area contributed by atoms with Crippen LogP contribution in [0.1, 0.15) is 53.8 Å². The molecule has 0 radical (unpaired) electrons. The summed E-state index contributed by atoms with van der Waals surface area (Å²) in [7, 11) is 0. The zero-order valence-corrected chi connectivity index (χ0v) is 14.2. The predicted molar refractivity (Wildman–Crippen MR) is 91.0 cm³/mol. The molecule has 122 valence electrons. The third kappa shape index (κ3) is 2.84. The van der Waals surface area contributed by atoms with Crippen LogP contribution in [-0.4, -0.2) is 45.5 Å². The molecule has 1 aliphatic heterocycles. The number of nitrogens with zero attached hydrogens (tertiary/aromatic N) is 3. The monoisotopic (exact) mass is 331 g/mol. The number of aromatic nitrogens is 2. The van der Waals surface area contributed by atoms with Gasteiger partial charge in [0.2, 0.25) is 0 Å². The summed E-state index contributed by atoms with van der Waals surface area (Å²) in [5.41, 5.74) is 3.14. The van der Waals surface area contributed by atoms with Crippen LogP contribution in [0.25, 0.3) is 11.1 Å². The van der Waals surface area contributed by atoms with Crippen LogP contribution in [0, 0.1) is 0 Å². The highest BCUT2D eigenvalue weighted by atomic mass is 32.2. The number of carbonyl (C=O) groups is 1. The second-order valence-corrected chi connectivity index (χ2v) is 7.56. The zero-order chi connectivity index (χ0) is 15.8. The minimum atomic E-state index is 0.111. The molecule has 1 saturated heterocycles. The molecule has 0 spiro atoms. The van der Waals surface area contributed by atoms with E-state index in [0.717, 1.165) is 72.6 Å². The summed E-state index contributed by atoms with van der Waals surface area (Å²) in [5.74, 6) is 2.63. The number of fused-ring (bicyclic) bond motifs is 1. The summed E-state index contributed by atoms with van der Waals surface area (Å²) >= 11 is 1.91. The lowest BCUT2D eigenvalue weighted by molar-refractivity contribution is 0.0774. The third-order valence-electron chi connectivity index (χ3n) is 4.55. The maximum absolute atomic E-state index is 13.1. The van der Waals surface area contributed by atoms with Crippen molar-refractivity contribution in [2.45, 2.75) is 38.5 Å². The smallest absolute Gasteiger partial charge is 0.259 e. The number of thioether (sulfide) groups is 1. The molecule has 1 amide bonds. The van der Waals surface area contributed by atoms with Gasteiger partial charge in [-0.05, 0) is 25.3 Å². The molecule has 0 unspecified atom stereocenters. The van der Waals surface area contributed by atoms with Crippen molar-refractivity contribution >= 4 is 28.8 Å². The number of pyridine rings is 1. The van der Waals surface area contributed by atoms with Gasteiger partial charge in [-0.2, -0.15) is 11.8 Å². The lowest BCUT2D eigenvalue weighted by Crippen LogP contribution is -2.38. The Morgan fingerprint density at radius 1 is 1.39 bits per heavy atom. The van der Waals surface area contributed by atoms with Crippen LogP contribution in [0.5, 0.6) is 0 Å². The minimum Gasteiger partial charge on any atom is -0.337 e. The second kappa shape index (κ2) is 6.15. The first-order valence-corrected chi connectivity index (χ1v) is 9.59. The average Bonchev–Trinajstić information content (AvgIpc) is 3.37. The molecule has 3 heterocycles. The summed E-state index contributed by atoms with van der Waals surface area (Å²) in [6.07, 6.45) is 4.10. The highest BCUT2D eigenvalue weighted by molar-refractivity contribution is 7.99. The van der Waals surface area contributed by atoms with E-state index in [1.807, 2.05) is 22.7 Å². The maximum Gasteiger partial charge on any atom is 0.259 e. The Balaban J connectivity index is 1.80. The molecule has 23 heavy (non-hydrogen) atoms. The molecule has 0 bridgehead atoms. The first kappa shape index (κ1) is 15.0. The number of aryl methyl sites for hydroxylation is 1. The average molecular weight is 331 g/mol. The predicted octanol–water partition coefficient (Wildman–Crippen LogP) is 3.24. The van der Waals surface area contributed by atoms with Crippen LogP contribution < -0.4 is 0 Å². The van der Waals surface area contributed by atoms with E-state index < -0.39 is 0 Å². The molecule has 2 aliphatic rings. The first-order chi connectivity index (χ1) is 11.3. The number of hydrogen-bond donors (Lipinski definition) is 0. The van der Waals surface area contributed by atoms with Crippen molar-refractivity contribution in [3.05, 3.63) is 23.0 Å². The van der Waals surface area contributed by atoms with Crippen molar-refractivity contribution < 1.29 is 9.32 Å². The summed E-state index contributed by atoms with van der Waals surface area (Å²) < 4.78 is 5.46. The van der Waals surface area contributed by atoms with Crippen molar-refractivity contribution in [1.82, 2.24) is 15.0 Å². The molecule has 2 aromatic rings. The Bertz CT molecular complexity index is 733. The molecule has 5 nitrogen and oxygen atoms in total. The molecule has 4 rings (SSSR count). The molecule has 1 saturated carbocycles. The molecular formula is C17H21N3O2S. The number of rotatable bonds is 4. The van der Waals surface area contributed by atoms with Gasteiger partial charge in [0.1, 0.15) is 0 Å². The van der Waals surface area contributed by atoms with E-state index in [4.69, 9.17) is 4.52 Å². The van der Waals surface area contributed by atoms with Crippen molar-refractivity contribution in [1.29, 1.82) is 0 Å². The molecule has 2 fully saturated rings. The van der Waals surface area contributed by atoms with Gasteiger partial charge < -0.3 is 9.42 Å². The van der Waals surface area contributed by atoms with Gasteiger partial charge in [0.05, 0.1) is 16.6 Å². The molecule has 0 N–H and O–H groups in total. The van der Waals surface area contributed by atoms with Gasteiger partial charge in [0.15, 0.2) is 0 Å². The lowest BCUT2D eigenvalue weighted by atomic mass is 10.0. The summed E-state index contributed by atoms with van der Waals surface area (Å²) in [4.78, 5) is 19.7. The highest BCUT2D eigenvalue weighted by Gasteiger charge is 2.30. The standard InChI is InChI=1S/C17H21N3O2S/c1-2-3-13-15-12(17(21)20-6-8-23-9-7-20)10-14(11-4-5-11)18-16(15)22-19-13/h10-11H,2-9H2,1H3. The third-order valence-corrected chi connectivity index (χ3v) is 5.49. The fourth-order valence-electron chi connectivity index (χ4n) is 3.13. The van der Waals surface area contributed by atoms with Gasteiger partial charge in [0.25, 0.3) is 11.6 Å².